The number of ether oxygens (including phenoxy) is 1. The summed E-state index contributed by atoms with van der Waals surface area (Å²) in [7, 11) is 0. The monoisotopic (exact) mass is 593 g/mol. The molecule has 0 saturated carbocycles. The number of aliphatic hydroxyl groups is 4. The van der Waals surface area contributed by atoms with E-state index in [1.54, 1.807) is 41.1 Å². The molecule has 8 rings (SSSR count). The molecule has 5 heterocycles. The number of hydrazine groups is 1. The number of hydrogen-bond acceptors (Lipinski definition) is 9. The third kappa shape index (κ3) is 3.64. The van der Waals surface area contributed by atoms with Gasteiger partial charge in [0, 0.05) is 33.3 Å². The van der Waals surface area contributed by atoms with Crippen molar-refractivity contribution >= 4 is 55.4 Å². The van der Waals surface area contributed by atoms with Gasteiger partial charge in [-0.25, -0.2) is 10.4 Å². The van der Waals surface area contributed by atoms with Gasteiger partial charge in [-0.3, -0.25) is 14.6 Å². The van der Waals surface area contributed by atoms with E-state index in [0.717, 1.165) is 15.9 Å². The fourth-order valence-electron chi connectivity index (χ4n) is 6.70. The molecule has 6 N–H and O–H groups in total. The summed E-state index contributed by atoms with van der Waals surface area (Å²) in [5, 5.41) is 45.8. The number of aromatic amines is 1. The first-order chi connectivity index (χ1) is 21.4. The van der Waals surface area contributed by atoms with Gasteiger partial charge in [-0.05, 0) is 24.3 Å². The number of imide groups is 1. The zero-order valence-electron chi connectivity index (χ0n) is 23.1. The molecule has 0 aliphatic carbocycles. The molecule has 5 atom stereocenters. The van der Waals surface area contributed by atoms with E-state index in [-0.39, 0.29) is 17.7 Å². The number of carbonyl (C=O) groups excluding carboxylic acids is 2. The maximum absolute atomic E-state index is 14.2. The van der Waals surface area contributed by atoms with Crippen LogP contribution in [0.2, 0.25) is 0 Å². The van der Waals surface area contributed by atoms with Crippen molar-refractivity contribution in [3.63, 3.8) is 0 Å². The Hall–Kier alpha value is -4.69. The number of amides is 2. The molecule has 222 valence electrons. The van der Waals surface area contributed by atoms with Crippen LogP contribution in [0.25, 0.3) is 43.6 Å². The van der Waals surface area contributed by atoms with E-state index < -0.39 is 49.1 Å². The number of pyridine rings is 1. The van der Waals surface area contributed by atoms with E-state index in [4.69, 9.17) is 4.74 Å². The van der Waals surface area contributed by atoms with E-state index in [0.29, 0.717) is 38.4 Å². The lowest BCUT2D eigenvalue weighted by atomic mass is 9.96. The predicted molar refractivity (Wildman–Crippen MR) is 159 cm³/mol. The molecular formula is C32H27N5O7. The second-order valence-electron chi connectivity index (χ2n) is 11.1. The molecule has 44 heavy (non-hydrogen) atoms. The Balaban J connectivity index is 1.44. The molecule has 12 nitrogen and oxygen atoms in total. The number of carbonyl (C=O) groups is 2. The number of H-pyrrole nitrogens is 1. The summed E-state index contributed by atoms with van der Waals surface area (Å²) >= 11 is 0. The van der Waals surface area contributed by atoms with Crippen molar-refractivity contribution in [2.45, 2.75) is 37.2 Å². The van der Waals surface area contributed by atoms with Crippen LogP contribution in [-0.2, 0) is 11.3 Å². The summed E-state index contributed by atoms with van der Waals surface area (Å²) in [6.07, 6.45) is -5.54. The van der Waals surface area contributed by atoms with Crippen LogP contribution in [0.5, 0.6) is 0 Å². The van der Waals surface area contributed by atoms with Crippen LogP contribution in [0, 0.1) is 0 Å². The van der Waals surface area contributed by atoms with Crippen molar-refractivity contribution in [3.05, 3.63) is 89.7 Å². The van der Waals surface area contributed by atoms with E-state index in [2.05, 4.69) is 15.4 Å². The average Bonchev–Trinajstić information content (AvgIpc) is 3.67. The Morgan fingerprint density at radius 1 is 0.841 bits per heavy atom. The minimum absolute atomic E-state index is 0.138. The molecule has 0 radical (unpaired) electrons. The lowest BCUT2D eigenvalue weighted by molar-refractivity contribution is -0.249. The molecule has 0 unspecified atom stereocenters. The Labute approximate surface area is 248 Å². The smallest absolute Gasteiger partial charge is 0.276 e. The molecule has 6 aromatic rings. The highest BCUT2D eigenvalue weighted by molar-refractivity contribution is 6.39. The molecular weight excluding hydrogens is 566 g/mol. The van der Waals surface area contributed by atoms with Crippen LogP contribution in [0.1, 0.15) is 32.6 Å². The van der Waals surface area contributed by atoms with Crippen LogP contribution in [-0.4, -0.2) is 82.8 Å². The number of para-hydroxylation sites is 2. The summed E-state index contributed by atoms with van der Waals surface area (Å²) in [6, 6.07) is 20.0. The van der Waals surface area contributed by atoms with Gasteiger partial charge in [0.25, 0.3) is 11.8 Å². The van der Waals surface area contributed by atoms with Crippen LogP contribution >= 0.6 is 0 Å². The fraction of sp³-hybridized carbons (Fsp3) is 0.219. The first-order valence-corrected chi connectivity index (χ1v) is 14.2. The van der Waals surface area contributed by atoms with Crippen molar-refractivity contribution in [1.82, 2.24) is 25.0 Å². The summed E-state index contributed by atoms with van der Waals surface area (Å²) in [5.74, 6) is -1.06. The van der Waals surface area contributed by atoms with Crippen molar-refractivity contribution < 1.29 is 34.8 Å². The Bertz CT molecular complexity index is 2120. The van der Waals surface area contributed by atoms with Crippen molar-refractivity contribution in [2.24, 2.45) is 0 Å². The average molecular weight is 594 g/mol. The highest BCUT2D eigenvalue weighted by atomic mass is 16.6. The van der Waals surface area contributed by atoms with Gasteiger partial charge in [0.2, 0.25) is 0 Å². The quantitative estimate of drug-likeness (QED) is 0.164. The first kappa shape index (κ1) is 26.9. The lowest BCUT2D eigenvalue weighted by Gasteiger charge is -2.41. The lowest BCUT2D eigenvalue weighted by Crippen LogP contribution is -2.56. The van der Waals surface area contributed by atoms with E-state index >= 15 is 0 Å². The SMILES string of the molecule is O=C1c2c(c3c4ccccc4n([C@@H]4O[C@H](CO)[C@@H](O)[C@H](O)[C@H]4O)c3c3[nH]c4ccccc4c23)C(=O)N1NCc1ccccn1. The molecule has 2 aliphatic heterocycles. The first-order valence-electron chi connectivity index (χ1n) is 14.2. The zero-order valence-corrected chi connectivity index (χ0v) is 23.1. The normalized spacial score (nSPS) is 23.9. The molecule has 1 fully saturated rings. The van der Waals surface area contributed by atoms with Crippen molar-refractivity contribution in [1.29, 1.82) is 0 Å². The molecule has 2 amide bonds. The van der Waals surface area contributed by atoms with Gasteiger partial charge in [-0.15, -0.1) is 0 Å². The van der Waals surface area contributed by atoms with Gasteiger partial charge in [-0.1, -0.05) is 42.5 Å². The van der Waals surface area contributed by atoms with Gasteiger partial charge in [0.05, 0.1) is 46.5 Å². The molecule has 0 bridgehead atoms. The molecule has 1 saturated heterocycles. The highest BCUT2D eigenvalue weighted by Crippen LogP contribution is 2.47. The number of aliphatic hydroxyl groups excluding tert-OH is 4. The highest BCUT2D eigenvalue weighted by Gasteiger charge is 2.47. The number of nitrogens with zero attached hydrogens (tertiary/aromatic N) is 3. The van der Waals surface area contributed by atoms with E-state index in [9.17, 15) is 30.0 Å². The second kappa shape index (κ2) is 9.92. The second-order valence-corrected chi connectivity index (χ2v) is 11.1. The van der Waals surface area contributed by atoms with Gasteiger partial charge < -0.3 is 34.7 Å². The van der Waals surface area contributed by atoms with Gasteiger partial charge >= 0.3 is 0 Å². The summed E-state index contributed by atoms with van der Waals surface area (Å²) in [6.45, 7) is -0.460. The van der Waals surface area contributed by atoms with E-state index in [1.165, 1.54) is 0 Å². The zero-order chi connectivity index (χ0) is 30.3. The molecule has 2 aliphatic rings. The van der Waals surface area contributed by atoms with Crippen LogP contribution in [0.4, 0.5) is 0 Å². The van der Waals surface area contributed by atoms with Crippen molar-refractivity contribution in [2.75, 3.05) is 6.61 Å². The third-order valence-electron chi connectivity index (χ3n) is 8.70. The largest absolute Gasteiger partial charge is 0.394 e. The minimum Gasteiger partial charge on any atom is -0.394 e. The van der Waals surface area contributed by atoms with Crippen LogP contribution in [0.15, 0.2) is 72.9 Å². The Kier molecular flexibility index (Phi) is 6.07. The summed E-state index contributed by atoms with van der Waals surface area (Å²) in [4.78, 5) is 36.1. The number of nitrogens with one attached hydrogen (secondary N) is 2. The predicted octanol–water partition coefficient (Wildman–Crippen LogP) is 2.10. The maximum atomic E-state index is 14.2. The molecule has 3 aromatic carbocycles. The number of benzene rings is 3. The molecule has 3 aromatic heterocycles. The minimum atomic E-state index is -1.62. The molecule has 0 spiro atoms. The van der Waals surface area contributed by atoms with Gasteiger partial charge in [0.1, 0.15) is 24.4 Å². The summed E-state index contributed by atoms with van der Waals surface area (Å²) < 4.78 is 7.72. The van der Waals surface area contributed by atoms with Gasteiger partial charge in [-0.2, -0.15) is 0 Å². The van der Waals surface area contributed by atoms with Crippen LogP contribution in [0.3, 0.4) is 0 Å². The van der Waals surface area contributed by atoms with Gasteiger partial charge in [0.15, 0.2) is 6.23 Å². The summed E-state index contributed by atoms with van der Waals surface area (Å²) in [5.41, 5.74) is 6.31. The Morgan fingerprint density at radius 2 is 1.55 bits per heavy atom. The topological polar surface area (TPSA) is 173 Å². The van der Waals surface area contributed by atoms with Crippen LogP contribution < -0.4 is 5.43 Å². The van der Waals surface area contributed by atoms with E-state index in [1.807, 2.05) is 36.4 Å². The maximum Gasteiger partial charge on any atom is 0.276 e. The number of aromatic nitrogens is 3. The third-order valence-corrected chi connectivity index (χ3v) is 8.70. The number of rotatable bonds is 5. The Morgan fingerprint density at radius 3 is 2.30 bits per heavy atom. The van der Waals surface area contributed by atoms with Crippen molar-refractivity contribution in [3.8, 4) is 0 Å². The number of hydrogen-bond donors (Lipinski definition) is 6. The molecule has 12 heteroatoms. The standard InChI is InChI=1S/C32H27N5O7/c38-14-20-27(39)28(40)29(41)32(44-20)36-19-11-4-2-9-17(19)22-24-23(21-16-8-1-3-10-18(16)35-25(21)26(22)36)30(42)37(31(24)43)34-13-15-7-5-6-12-33-15/h1-12,20,27-29,32,34-35,38-41H,13-14H2/t20-,27-,28+,29-,32-/m1/s1. The fourth-order valence-corrected chi connectivity index (χ4v) is 6.70. The number of fused-ring (bicyclic) bond motifs is 10.